The zero-order valence-corrected chi connectivity index (χ0v) is 14.7. The van der Waals surface area contributed by atoms with Crippen molar-refractivity contribution >= 4 is 45.6 Å². The predicted octanol–water partition coefficient (Wildman–Crippen LogP) is 3.62. The molecule has 0 atom stereocenters. The molecule has 0 bridgehead atoms. The lowest BCUT2D eigenvalue weighted by Crippen LogP contribution is -2.14. The van der Waals surface area contributed by atoms with Gasteiger partial charge in [-0.05, 0) is 31.5 Å². The summed E-state index contributed by atoms with van der Waals surface area (Å²) in [7, 11) is 0. The van der Waals surface area contributed by atoms with Crippen LogP contribution in [0.2, 0.25) is 0 Å². The highest BCUT2D eigenvalue weighted by Crippen LogP contribution is 2.27. The fourth-order valence-electron chi connectivity index (χ4n) is 1.90. The molecule has 2 aromatic heterocycles. The largest absolute Gasteiger partial charge is 0.360 e. The van der Waals surface area contributed by atoms with Gasteiger partial charge in [0.2, 0.25) is 11.0 Å². The number of aryl methyl sites for hydroxylation is 2. The molecule has 0 aliphatic heterocycles. The maximum Gasteiger partial charge on any atom is 0.236 e. The second kappa shape index (κ2) is 7.45. The number of rotatable bonds is 6. The lowest BCUT2D eigenvalue weighted by molar-refractivity contribution is -0.113. The van der Waals surface area contributed by atoms with Crippen molar-refractivity contribution in [1.82, 2.24) is 15.4 Å². The summed E-state index contributed by atoms with van der Waals surface area (Å²) in [5.41, 5.74) is 2.13. The molecule has 3 aromatic rings. The first kappa shape index (κ1) is 16.5. The van der Waals surface area contributed by atoms with Crippen molar-refractivity contribution in [3.8, 4) is 0 Å². The Balaban J connectivity index is 1.51. The van der Waals surface area contributed by atoms with E-state index < -0.39 is 0 Å². The Kier molecular flexibility index (Phi) is 5.11. The van der Waals surface area contributed by atoms with E-state index in [-0.39, 0.29) is 11.7 Å². The average Bonchev–Trinajstić information content (AvgIpc) is 3.14. The summed E-state index contributed by atoms with van der Waals surface area (Å²) in [5.74, 6) is 1.12. The molecular weight excluding hydrogens is 346 g/mol. The number of benzene rings is 1. The van der Waals surface area contributed by atoms with Gasteiger partial charge in [-0.15, -0.1) is 10.2 Å². The molecule has 0 radical (unpaired) electrons. The number of nitrogens with zero attached hydrogens (tertiary/aromatic N) is 3. The summed E-state index contributed by atoms with van der Waals surface area (Å²) in [4.78, 5) is 11.9. The van der Waals surface area contributed by atoms with Crippen LogP contribution in [0.15, 0.2) is 39.2 Å². The number of carbonyl (C=O) groups is 1. The molecule has 0 saturated heterocycles. The zero-order valence-electron chi connectivity index (χ0n) is 13.1. The lowest BCUT2D eigenvalue weighted by Gasteiger charge is -2.02. The number of amides is 1. The van der Waals surface area contributed by atoms with Crippen LogP contribution in [0.1, 0.15) is 11.3 Å². The standard InChI is InChI=1S/C15H15N5O2S2/c1-9-4-3-5-11(6-9)16-14-18-19-15(24-14)23-8-13(21)17-12-7-10(2)22-20-12/h3-7H,8H2,1-2H3,(H,16,18)(H,17,20,21). The third-order valence-corrected chi connectivity index (χ3v) is 4.87. The second-order valence-corrected chi connectivity index (χ2v) is 7.23. The van der Waals surface area contributed by atoms with E-state index >= 15 is 0 Å². The fourth-order valence-corrected chi connectivity index (χ4v) is 3.47. The summed E-state index contributed by atoms with van der Waals surface area (Å²) in [6, 6.07) is 9.67. The maximum atomic E-state index is 11.9. The molecule has 3 rings (SSSR count). The molecule has 124 valence electrons. The van der Waals surface area contributed by atoms with Gasteiger partial charge in [0.15, 0.2) is 10.2 Å². The highest BCUT2D eigenvalue weighted by molar-refractivity contribution is 8.01. The van der Waals surface area contributed by atoms with E-state index in [0.29, 0.717) is 16.7 Å². The van der Waals surface area contributed by atoms with Crippen LogP contribution in [0.4, 0.5) is 16.6 Å². The number of thioether (sulfide) groups is 1. The SMILES string of the molecule is Cc1cccc(Nc2nnc(SCC(=O)Nc3cc(C)on3)s2)c1. The van der Waals surface area contributed by atoms with E-state index in [1.807, 2.05) is 31.2 Å². The van der Waals surface area contributed by atoms with E-state index in [2.05, 4.69) is 26.0 Å². The van der Waals surface area contributed by atoms with Gasteiger partial charge in [-0.2, -0.15) is 0 Å². The number of anilines is 3. The van der Waals surface area contributed by atoms with E-state index in [4.69, 9.17) is 4.52 Å². The van der Waals surface area contributed by atoms with Crippen LogP contribution in [0, 0.1) is 13.8 Å². The number of aromatic nitrogens is 3. The monoisotopic (exact) mass is 361 g/mol. The predicted molar refractivity (Wildman–Crippen MR) is 95.0 cm³/mol. The van der Waals surface area contributed by atoms with Gasteiger partial charge in [0.25, 0.3) is 0 Å². The molecule has 0 fully saturated rings. The molecule has 2 heterocycles. The summed E-state index contributed by atoms with van der Waals surface area (Å²) in [6.45, 7) is 3.79. The molecule has 2 N–H and O–H groups in total. The summed E-state index contributed by atoms with van der Waals surface area (Å²) >= 11 is 2.73. The Morgan fingerprint density at radius 1 is 1.29 bits per heavy atom. The molecule has 24 heavy (non-hydrogen) atoms. The first-order valence-corrected chi connectivity index (χ1v) is 8.92. The second-order valence-electron chi connectivity index (χ2n) is 5.03. The molecule has 1 amide bonds. The highest BCUT2D eigenvalue weighted by Gasteiger charge is 2.10. The van der Waals surface area contributed by atoms with E-state index in [9.17, 15) is 4.79 Å². The van der Waals surface area contributed by atoms with Crippen molar-refractivity contribution in [3.05, 3.63) is 41.7 Å². The normalized spacial score (nSPS) is 10.6. The summed E-state index contributed by atoms with van der Waals surface area (Å²) < 4.78 is 5.62. The Morgan fingerprint density at radius 2 is 2.17 bits per heavy atom. The van der Waals surface area contributed by atoms with Gasteiger partial charge in [-0.1, -0.05) is 40.4 Å². The van der Waals surface area contributed by atoms with E-state index in [1.54, 1.807) is 13.0 Å². The molecule has 0 unspecified atom stereocenters. The minimum atomic E-state index is -0.170. The summed E-state index contributed by atoms with van der Waals surface area (Å²) in [5, 5.41) is 18.4. The average molecular weight is 361 g/mol. The van der Waals surface area contributed by atoms with Crippen LogP contribution < -0.4 is 10.6 Å². The van der Waals surface area contributed by atoms with Gasteiger partial charge >= 0.3 is 0 Å². The van der Waals surface area contributed by atoms with Crippen molar-refractivity contribution in [2.24, 2.45) is 0 Å². The lowest BCUT2D eigenvalue weighted by atomic mass is 10.2. The maximum absolute atomic E-state index is 11.9. The smallest absolute Gasteiger partial charge is 0.236 e. The van der Waals surface area contributed by atoms with Crippen molar-refractivity contribution in [2.45, 2.75) is 18.2 Å². The Morgan fingerprint density at radius 3 is 2.92 bits per heavy atom. The molecule has 0 spiro atoms. The van der Waals surface area contributed by atoms with Crippen LogP contribution in [0.3, 0.4) is 0 Å². The van der Waals surface area contributed by atoms with Crippen LogP contribution >= 0.6 is 23.1 Å². The van der Waals surface area contributed by atoms with Crippen LogP contribution in [0.5, 0.6) is 0 Å². The molecule has 1 aromatic carbocycles. The van der Waals surface area contributed by atoms with Crippen LogP contribution in [0.25, 0.3) is 0 Å². The third-order valence-electron chi connectivity index (χ3n) is 2.90. The van der Waals surface area contributed by atoms with Gasteiger partial charge < -0.3 is 15.2 Å². The minimum absolute atomic E-state index is 0.170. The van der Waals surface area contributed by atoms with Gasteiger partial charge in [0, 0.05) is 11.8 Å². The first-order chi connectivity index (χ1) is 11.6. The molecule has 7 nitrogen and oxygen atoms in total. The Bertz CT molecular complexity index is 846. The van der Waals surface area contributed by atoms with Crippen molar-refractivity contribution < 1.29 is 9.32 Å². The van der Waals surface area contributed by atoms with Crippen molar-refractivity contribution in [2.75, 3.05) is 16.4 Å². The topological polar surface area (TPSA) is 92.9 Å². The Hall–Kier alpha value is -2.39. The minimum Gasteiger partial charge on any atom is -0.360 e. The van der Waals surface area contributed by atoms with Crippen LogP contribution in [-0.2, 0) is 4.79 Å². The third kappa shape index (κ3) is 4.56. The molecule has 9 heteroatoms. The summed E-state index contributed by atoms with van der Waals surface area (Å²) in [6.07, 6.45) is 0. The van der Waals surface area contributed by atoms with Gasteiger partial charge in [0.1, 0.15) is 5.76 Å². The zero-order chi connectivity index (χ0) is 16.9. The molecular formula is C15H15N5O2S2. The highest BCUT2D eigenvalue weighted by atomic mass is 32.2. The van der Waals surface area contributed by atoms with Crippen LogP contribution in [-0.4, -0.2) is 27.0 Å². The number of hydrogen-bond donors (Lipinski definition) is 2. The number of carbonyl (C=O) groups excluding carboxylic acids is 1. The van der Waals surface area contributed by atoms with Gasteiger partial charge in [0.05, 0.1) is 5.75 Å². The molecule has 0 aliphatic rings. The number of nitrogens with one attached hydrogen (secondary N) is 2. The Labute approximate surface area is 146 Å². The quantitative estimate of drug-likeness (QED) is 0.648. The van der Waals surface area contributed by atoms with E-state index in [0.717, 1.165) is 10.0 Å². The molecule has 0 aliphatic carbocycles. The fraction of sp³-hybridized carbons (Fsp3) is 0.200. The molecule has 0 saturated carbocycles. The van der Waals surface area contributed by atoms with Crippen molar-refractivity contribution in [3.63, 3.8) is 0 Å². The van der Waals surface area contributed by atoms with Gasteiger partial charge in [-0.3, -0.25) is 4.79 Å². The van der Waals surface area contributed by atoms with Gasteiger partial charge in [-0.25, -0.2) is 0 Å². The number of hydrogen-bond acceptors (Lipinski definition) is 8. The first-order valence-electron chi connectivity index (χ1n) is 7.11. The van der Waals surface area contributed by atoms with E-state index in [1.165, 1.54) is 28.7 Å². The van der Waals surface area contributed by atoms with Crippen molar-refractivity contribution in [1.29, 1.82) is 0 Å².